The largest absolute Gasteiger partial charge is 0.391 e. The zero-order chi connectivity index (χ0) is 12.5. The predicted molar refractivity (Wildman–Crippen MR) is 60.8 cm³/mol. The van der Waals surface area contributed by atoms with Crippen LogP contribution in [-0.4, -0.2) is 11.3 Å². The third-order valence-corrected chi connectivity index (χ3v) is 4.27. The van der Waals surface area contributed by atoms with Crippen molar-refractivity contribution < 1.29 is 18.3 Å². The molecule has 96 valence electrons. The Balaban J connectivity index is 1.91. The Hall–Kier alpha value is -0.550. The van der Waals surface area contributed by atoms with E-state index in [1.54, 1.807) is 0 Å². The van der Waals surface area contributed by atoms with Gasteiger partial charge < -0.3 is 5.11 Å². The third-order valence-electron chi connectivity index (χ3n) is 3.57. The van der Waals surface area contributed by atoms with Crippen molar-refractivity contribution in [3.63, 3.8) is 0 Å². The maximum Gasteiger partial charge on any atom is 0.391 e. The second-order valence-electron chi connectivity index (χ2n) is 4.65. The zero-order valence-corrected chi connectivity index (χ0v) is 10.1. The van der Waals surface area contributed by atoms with Gasteiger partial charge in [-0.05, 0) is 54.0 Å². The van der Waals surface area contributed by atoms with Crippen LogP contribution in [0.5, 0.6) is 0 Å². The van der Waals surface area contributed by atoms with Gasteiger partial charge in [0.15, 0.2) is 0 Å². The Morgan fingerprint density at radius 2 is 1.88 bits per heavy atom. The van der Waals surface area contributed by atoms with Crippen molar-refractivity contribution in [3.05, 3.63) is 22.4 Å². The van der Waals surface area contributed by atoms with Gasteiger partial charge in [-0.25, -0.2) is 0 Å². The summed E-state index contributed by atoms with van der Waals surface area (Å²) in [6, 6.07) is 1.84. The number of aliphatic hydroxyl groups excluding tert-OH is 1. The highest BCUT2D eigenvalue weighted by molar-refractivity contribution is 7.07. The Morgan fingerprint density at radius 1 is 1.24 bits per heavy atom. The average Bonchev–Trinajstić information content (AvgIpc) is 2.80. The second kappa shape index (κ2) is 4.98. The molecule has 1 unspecified atom stereocenters. The van der Waals surface area contributed by atoms with Crippen LogP contribution in [-0.2, 0) is 0 Å². The van der Waals surface area contributed by atoms with Gasteiger partial charge in [0.05, 0.1) is 12.0 Å². The molecule has 0 aliphatic heterocycles. The summed E-state index contributed by atoms with van der Waals surface area (Å²) in [5.41, 5.74) is 0.838. The fraction of sp³-hybridized carbons (Fsp3) is 0.667. The molecule has 1 saturated carbocycles. The molecular formula is C12H15F3OS. The Bertz CT molecular complexity index is 339. The molecule has 1 fully saturated rings. The highest BCUT2D eigenvalue weighted by atomic mass is 32.1. The highest BCUT2D eigenvalue weighted by Crippen LogP contribution is 2.43. The smallest absolute Gasteiger partial charge is 0.388 e. The average molecular weight is 264 g/mol. The quantitative estimate of drug-likeness (QED) is 0.850. The van der Waals surface area contributed by atoms with E-state index in [-0.39, 0.29) is 18.8 Å². The lowest BCUT2D eigenvalue weighted by molar-refractivity contribution is -0.185. The van der Waals surface area contributed by atoms with Crippen molar-refractivity contribution in [1.29, 1.82) is 0 Å². The van der Waals surface area contributed by atoms with Gasteiger partial charge in [-0.1, -0.05) is 0 Å². The van der Waals surface area contributed by atoms with Crippen molar-refractivity contribution in [3.8, 4) is 0 Å². The van der Waals surface area contributed by atoms with Gasteiger partial charge in [0, 0.05) is 0 Å². The summed E-state index contributed by atoms with van der Waals surface area (Å²) in [5, 5.41) is 13.8. The lowest BCUT2D eigenvalue weighted by Crippen LogP contribution is -2.29. The van der Waals surface area contributed by atoms with Crippen LogP contribution in [0.4, 0.5) is 13.2 Å². The van der Waals surface area contributed by atoms with E-state index < -0.39 is 18.2 Å². The lowest BCUT2D eigenvalue weighted by Gasteiger charge is -2.32. The van der Waals surface area contributed by atoms with Crippen LogP contribution in [0, 0.1) is 11.8 Å². The van der Waals surface area contributed by atoms with E-state index in [0.29, 0.717) is 12.8 Å². The number of hydrogen-bond donors (Lipinski definition) is 1. The minimum atomic E-state index is -4.07. The molecule has 1 aliphatic carbocycles. The number of hydrogen-bond acceptors (Lipinski definition) is 2. The van der Waals surface area contributed by atoms with Crippen molar-refractivity contribution in [2.45, 2.75) is 38.0 Å². The normalized spacial score (nSPS) is 28.0. The Kier molecular flexibility index (Phi) is 3.78. The SMILES string of the molecule is OC(c1ccsc1)C1CCC(C(F)(F)F)CC1. The van der Waals surface area contributed by atoms with Gasteiger partial charge in [0.2, 0.25) is 0 Å². The zero-order valence-electron chi connectivity index (χ0n) is 9.28. The standard InChI is InChI=1S/C12H15F3OS/c13-12(14,15)10-3-1-8(2-4-10)11(16)9-5-6-17-7-9/h5-8,10-11,16H,1-4H2. The predicted octanol–water partition coefficient (Wildman–Crippen LogP) is 4.15. The van der Waals surface area contributed by atoms with Gasteiger partial charge in [-0.2, -0.15) is 24.5 Å². The van der Waals surface area contributed by atoms with Crippen molar-refractivity contribution >= 4 is 11.3 Å². The van der Waals surface area contributed by atoms with E-state index in [4.69, 9.17) is 0 Å². The van der Waals surface area contributed by atoms with Crippen LogP contribution < -0.4 is 0 Å². The molecule has 0 spiro atoms. The van der Waals surface area contributed by atoms with Gasteiger partial charge in [-0.15, -0.1) is 0 Å². The van der Waals surface area contributed by atoms with Crippen LogP contribution in [0.3, 0.4) is 0 Å². The van der Waals surface area contributed by atoms with Crippen LogP contribution in [0.1, 0.15) is 37.4 Å². The number of alkyl halides is 3. The first kappa shape index (κ1) is 12.9. The van der Waals surface area contributed by atoms with Crippen LogP contribution in [0.25, 0.3) is 0 Å². The molecule has 0 saturated heterocycles. The number of halogens is 3. The minimum Gasteiger partial charge on any atom is -0.388 e. The molecule has 1 atom stereocenters. The molecule has 1 aromatic rings. The molecule has 1 nitrogen and oxygen atoms in total. The molecule has 0 amide bonds. The van der Waals surface area contributed by atoms with Crippen molar-refractivity contribution in [1.82, 2.24) is 0 Å². The van der Waals surface area contributed by atoms with Crippen molar-refractivity contribution in [2.75, 3.05) is 0 Å². The fourth-order valence-electron chi connectivity index (χ4n) is 2.48. The summed E-state index contributed by atoms with van der Waals surface area (Å²) >= 11 is 1.50. The fourth-order valence-corrected chi connectivity index (χ4v) is 3.17. The van der Waals surface area contributed by atoms with Gasteiger partial charge >= 0.3 is 6.18 Å². The maximum absolute atomic E-state index is 12.5. The van der Waals surface area contributed by atoms with Crippen LogP contribution in [0.2, 0.25) is 0 Å². The molecule has 0 aromatic carbocycles. The van der Waals surface area contributed by atoms with Gasteiger partial charge in [-0.3, -0.25) is 0 Å². The van der Waals surface area contributed by atoms with E-state index in [1.165, 1.54) is 11.3 Å². The molecule has 0 bridgehead atoms. The first-order valence-corrected chi connectivity index (χ1v) is 6.69. The number of aliphatic hydroxyl groups is 1. The Morgan fingerprint density at radius 3 is 2.35 bits per heavy atom. The Labute approximate surface area is 102 Å². The minimum absolute atomic E-state index is 0.0248. The molecular weight excluding hydrogens is 249 g/mol. The van der Waals surface area contributed by atoms with Crippen LogP contribution >= 0.6 is 11.3 Å². The van der Waals surface area contributed by atoms with Gasteiger partial charge in [0.25, 0.3) is 0 Å². The molecule has 1 aromatic heterocycles. The molecule has 1 N–H and O–H groups in total. The molecule has 2 rings (SSSR count). The molecule has 17 heavy (non-hydrogen) atoms. The van der Waals surface area contributed by atoms with E-state index in [0.717, 1.165) is 5.56 Å². The number of rotatable bonds is 2. The summed E-state index contributed by atoms with van der Waals surface area (Å²) in [6.45, 7) is 0. The van der Waals surface area contributed by atoms with E-state index in [2.05, 4.69) is 0 Å². The third kappa shape index (κ3) is 3.01. The lowest BCUT2D eigenvalue weighted by atomic mass is 9.78. The van der Waals surface area contributed by atoms with E-state index in [9.17, 15) is 18.3 Å². The molecule has 5 heteroatoms. The maximum atomic E-state index is 12.5. The number of thiophene rings is 1. The van der Waals surface area contributed by atoms with E-state index >= 15 is 0 Å². The van der Waals surface area contributed by atoms with Crippen molar-refractivity contribution in [2.24, 2.45) is 11.8 Å². The second-order valence-corrected chi connectivity index (χ2v) is 5.43. The molecule has 1 heterocycles. The summed E-state index contributed by atoms with van der Waals surface area (Å²) in [6.07, 6.45) is -3.46. The summed E-state index contributed by atoms with van der Waals surface area (Å²) in [5.74, 6) is -1.20. The topological polar surface area (TPSA) is 20.2 Å². The van der Waals surface area contributed by atoms with Gasteiger partial charge in [0.1, 0.15) is 0 Å². The summed E-state index contributed by atoms with van der Waals surface area (Å²) in [7, 11) is 0. The summed E-state index contributed by atoms with van der Waals surface area (Å²) in [4.78, 5) is 0. The summed E-state index contributed by atoms with van der Waals surface area (Å²) < 4.78 is 37.4. The van der Waals surface area contributed by atoms with E-state index in [1.807, 2.05) is 16.8 Å². The first-order valence-electron chi connectivity index (χ1n) is 5.75. The first-order chi connectivity index (χ1) is 7.98. The monoisotopic (exact) mass is 264 g/mol. The molecule has 1 aliphatic rings. The van der Waals surface area contributed by atoms with Crippen LogP contribution in [0.15, 0.2) is 16.8 Å². The highest BCUT2D eigenvalue weighted by Gasteiger charge is 2.42. The molecule has 0 radical (unpaired) electrons.